The van der Waals surface area contributed by atoms with Crippen molar-refractivity contribution in [1.82, 2.24) is 5.32 Å². The second kappa shape index (κ2) is 7.08. The Morgan fingerprint density at radius 2 is 2.00 bits per heavy atom. The predicted octanol–water partition coefficient (Wildman–Crippen LogP) is 2.98. The molecular formula is C15H14BrFN2O2. The van der Waals surface area contributed by atoms with Gasteiger partial charge in [0.15, 0.2) is 0 Å². The van der Waals surface area contributed by atoms with E-state index in [1.807, 2.05) is 0 Å². The Balaban J connectivity index is 1.87. The molecule has 0 bridgehead atoms. The molecule has 2 aromatic carbocycles. The highest BCUT2D eigenvalue weighted by molar-refractivity contribution is 9.10. The first-order chi connectivity index (χ1) is 10.1. The van der Waals surface area contributed by atoms with Crippen LogP contribution >= 0.6 is 15.9 Å². The summed E-state index contributed by atoms with van der Waals surface area (Å²) >= 11 is 3.15. The van der Waals surface area contributed by atoms with Gasteiger partial charge in [0.2, 0.25) is 0 Å². The second-order valence-electron chi connectivity index (χ2n) is 4.24. The van der Waals surface area contributed by atoms with Gasteiger partial charge in [-0.15, -0.1) is 0 Å². The van der Waals surface area contributed by atoms with Crippen molar-refractivity contribution in [3.8, 4) is 5.75 Å². The van der Waals surface area contributed by atoms with Crippen molar-refractivity contribution >= 4 is 27.5 Å². The van der Waals surface area contributed by atoms with E-state index in [1.54, 1.807) is 30.3 Å². The number of amides is 1. The third-order valence-corrected chi connectivity index (χ3v) is 3.41. The fourth-order valence-corrected chi connectivity index (χ4v) is 2.26. The third kappa shape index (κ3) is 3.95. The van der Waals surface area contributed by atoms with Gasteiger partial charge in [-0.2, -0.15) is 0 Å². The van der Waals surface area contributed by atoms with E-state index in [-0.39, 0.29) is 18.7 Å². The highest BCUT2D eigenvalue weighted by Gasteiger charge is 2.14. The van der Waals surface area contributed by atoms with Crippen LogP contribution in [0.3, 0.4) is 0 Å². The number of nitrogens with two attached hydrogens (primary N) is 1. The van der Waals surface area contributed by atoms with Gasteiger partial charge < -0.3 is 15.8 Å². The first-order valence-electron chi connectivity index (χ1n) is 6.29. The molecule has 1 amide bonds. The number of halogens is 2. The molecule has 2 rings (SSSR count). The minimum Gasteiger partial charge on any atom is -0.490 e. The lowest BCUT2D eigenvalue weighted by Crippen LogP contribution is -2.29. The monoisotopic (exact) mass is 352 g/mol. The number of hydrogen-bond donors (Lipinski definition) is 2. The average Bonchev–Trinajstić information content (AvgIpc) is 2.45. The lowest BCUT2D eigenvalue weighted by Gasteiger charge is -2.10. The van der Waals surface area contributed by atoms with Crippen LogP contribution in [0.2, 0.25) is 0 Å². The molecule has 0 aromatic heterocycles. The minimum absolute atomic E-state index is 0.0169. The van der Waals surface area contributed by atoms with Crippen LogP contribution in [0.1, 0.15) is 10.4 Å². The van der Waals surface area contributed by atoms with Gasteiger partial charge in [-0.3, -0.25) is 4.79 Å². The number of carbonyl (C=O) groups is 1. The first-order valence-corrected chi connectivity index (χ1v) is 7.08. The van der Waals surface area contributed by atoms with Crippen molar-refractivity contribution < 1.29 is 13.9 Å². The van der Waals surface area contributed by atoms with Gasteiger partial charge in [0, 0.05) is 4.47 Å². The molecule has 2 aromatic rings. The molecule has 4 nitrogen and oxygen atoms in total. The number of para-hydroxylation sites is 2. The molecule has 0 atom stereocenters. The number of carbonyl (C=O) groups excluding carboxylic acids is 1. The average molecular weight is 353 g/mol. The van der Waals surface area contributed by atoms with Crippen molar-refractivity contribution in [2.75, 3.05) is 18.9 Å². The summed E-state index contributed by atoms with van der Waals surface area (Å²) in [6.07, 6.45) is 0. The van der Waals surface area contributed by atoms with Crippen LogP contribution in [-0.4, -0.2) is 19.1 Å². The maximum atomic E-state index is 13.6. The molecule has 6 heteroatoms. The van der Waals surface area contributed by atoms with Crippen molar-refractivity contribution in [3.05, 3.63) is 58.3 Å². The van der Waals surface area contributed by atoms with Gasteiger partial charge in [-0.05, 0) is 40.2 Å². The van der Waals surface area contributed by atoms with Crippen LogP contribution in [-0.2, 0) is 0 Å². The Morgan fingerprint density at radius 3 is 2.71 bits per heavy atom. The predicted molar refractivity (Wildman–Crippen MR) is 82.8 cm³/mol. The Labute approximate surface area is 130 Å². The number of rotatable bonds is 5. The Bertz CT molecular complexity index is 629. The Hall–Kier alpha value is -2.08. The van der Waals surface area contributed by atoms with Crippen LogP contribution in [0, 0.1) is 5.82 Å². The molecule has 21 heavy (non-hydrogen) atoms. The maximum Gasteiger partial charge on any atom is 0.255 e. The molecule has 0 spiro atoms. The van der Waals surface area contributed by atoms with Crippen molar-refractivity contribution in [1.29, 1.82) is 0 Å². The summed E-state index contributed by atoms with van der Waals surface area (Å²) in [5.41, 5.74) is 6.24. The zero-order valence-electron chi connectivity index (χ0n) is 11.1. The van der Waals surface area contributed by atoms with E-state index >= 15 is 0 Å². The molecule has 0 saturated heterocycles. The summed E-state index contributed by atoms with van der Waals surface area (Å²) in [5.74, 6) is -0.515. The van der Waals surface area contributed by atoms with Crippen molar-refractivity contribution in [3.63, 3.8) is 0 Å². The fraction of sp³-hybridized carbons (Fsp3) is 0.133. The van der Waals surface area contributed by atoms with Crippen LogP contribution in [0.5, 0.6) is 5.75 Å². The quantitative estimate of drug-likeness (QED) is 0.642. The molecule has 0 aliphatic rings. The maximum absolute atomic E-state index is 13.6. The molecule has 0 unspecified atom stereocenters. The normalized spacial score (nSPS) is 10.2. The van der Waals surface area contributed by atoms with E-state index in [1.165, 1.54) is 12.1 Å². The van der Waals surface area contributed by atoms with Crippen molar-refractivity contribution in [2.45, 2.75) is 0 Å². The summed E-state index contributed by atoms with van der Waals surface area (Å²) in [7, 11) is 0. The molecule has 0 aliphatic carbocycles. The summed E-state index contributed by atoms with van der Waals surface area (Å²) in [4.78, 5) is 11.9. The number of nitrogens with one attached hydrogen (secondary N) is 1. The zero-order chi connectivity index (χ0) is 15.2. The number of benzene rings is 2. The summed E-state index contributed by atoms with van der Waals surface area (Å²) in [5, 5.41) is 2.60. The van der Waals surface area contributed by atoms with E-state index in [0.717, 1.165) is 0 Å². The van der Waals surface area contributed by atoms with E-state index in [2.05, 4.69) is 21.2 Å². The molecular weight excluding hydrogens is 339 g/mol. The fourth-order valence-electron chi connectivity index (χ4n) is 1.74. The largest absolute Gasteiger partial charge is 0.490 e. The molecule has 0 radical (unpaired) electrons. The topological polar surface area (TPSA) is 64.3 Å². The molecule has 110 valence electrons. The second-order valence-corrected chi connectivity index (χ2v) is 5.09. The highest BCUT2D eigenvalue weighted by atomic mass is 79.9. The lowest BCUT2D eigenvalue weighted by molar-refractivity contribution is 0.0942. The zero-order valence-corrected chi connectivity index (χ0v) is 12.7. The molecule has 0 fully saturated rings. The number of nitrogen functional groups attached to an aromatic ring is 1. The summed E-state index contributed by atoms with van der Waals surface area (Å²) in [6, 6.07) is 11.5. The first kappa shape index (κ1) is 15.3. The minimum atomic E-state index is -0.574. The number of anilines is 1. The van der Waals surface area contributed by atoms with Gasteiger partial charge in [0.25, 0.3) is 5.91 Å². The van der Waals surface area contributed by atoms with Gasteiger partial charge in [0.1, 0.15) is 18.2 Å². The van der Waals surface area contributed by atoms with Gasteiger partial charge >= 0.3 is 0 Å². The lowest BCUT2D eigenvalue weighted by atomic mass is 10.2. The van der Waals surface area contributed by atoms with Gasteiger partial charge in [-0.1, -0.05) is 18.2 Å². The van der Waals surface area contributed by atoms with Crippen LogP contribution in [0.4, 0.5) is 10.1 Å². The highest BCUT2D eigenvalue weighted by Crippen LogP contribution is 2.20. The molecule has 0 heterocycles. The Kier molecular flexibility index (Phi) is 5.16. The standard InChI is InChI=1S/C15H14BrFN2O2/c16-10-4-3-5-11(17)14(10)15(20)19-8-9-21-13-7-2-1-6-12(13)18/h1-7H,8-9,18H2,(H,19,20). The van der Waals surface area contributed by atoms with E-state index < -0.39 is 11.7 Å². The molecule has 3 N–H and O–H groups in total. The third-order valence-electron chi connectivity index (χ3n) is 2.75. The molecule has 0 saturated carbocycles. The van der Waals surface area contributed by atoms with E-state index in [0.29, 0.717) is 15.9 Å². The summed E-state index contributed by atoms with van der Waals surface area (Å²) < 4.78 is 19.4. The van der Waals surface area contributed by atoms with Crippen LogP contribution < -0.4 is 15.8 Å². The smallest absolute Gasteiger partial charge is 0.255 e. The SMILES string of the molecule is Nc1ccccc1OCCNC(=O)c1c(F)cccc1Br. The van der Waals surface area contributed by atoms with E-state index in [4.69, 9.17) is 10.5 Å². The Morgan fingerprint density at radius 1 is 1.24 bits per heavy atom. The van der Waals surface area contributed by atoms with Crippen LogP contribution in [0.15, 0.2) is 46.9 Å². The van der Waals surface area contributed by atoms with Crippen LogP contribution in [0.25, 0.3) is 0 Å². The van der Waals surface area contributed by atoms with Crippen molar-refractivity contribution in [2.24, 2.45) is 0 Å². The summed E-state index contributed by atoms with van der Waals surface area (Å²) in [6.45, 7) is 0.486. The van der Waals surface area contributed by atoms with Gasteiger partial charge in [0.05, 0.1) is 17.8 Å². The van der Waals surface area contributed by atoms with Gasteiger partial charge in [-0.25, -0.2) is 4.39 Å². The van der Waals surface area contributed by atoms with E-state index in [9.17, 15) is 9.18 Å². The number of hydrogen-bond acceptors (Lipinski definition) is 3. The molecule has 0 aliphatic heterocycles. The number of ether oxygens (including phenoxy) is 1.